The predicted molar refractivity (Wildman–Crippen MR) is 79.7 cm³/mol. The number of aryl methyl sites for hydroxylation is 2. The van der Waals surface area contributed by atoms with Crippen molar-refractivity contribution in [2.45, 2.75) is 39.8 Å². The van der Waals surface area contributed by atoms with Gasteiger partial charge >= 0.3 is 4.87 Å². The Morgan fingerprint density at radius 1 is 1.30 bits per heavy atom. The van der Waals surface area contributed by atoms with Crippen molar-refractivity contribution >= 4 is 28.8 Å². The average Bonchev–Trinajstić information content (AvgIpc) is 2.74. The van der Waals surface area contributed by atoms with Crippen LogP contribution in [0.25, 0.3) is 0 Å². The molecule has 0 spiro atoms. The maximum Gasteiger partial charge on any atom is 0.325 e. The highest BCUT2D eigenvalue weighted by molar-refractivity contribution is 7.06. The van der Waals surface area contributed by atoms with E-state index in [1.165, 1.54) is 11.3 Å². The molecule has 0 atom stereocenters. The molecule has 2 aromatic rings. The fourth-order valence-electron chi connectivity index (χ4n) is 2.28. The lowest BCUT2D eigenvalue weighted by atomic mass is 10.2. The minimum Gasteiger partial charge on any atom is -0.256 e. The zero-order valence-electron chi connectivity index (χ0n) is 11.4. The summed E-state index contributed by atoms with van der Waals surface area (Å²) in [4.78, 5) is 21.7. The van der Waals surface area contributed by atoms with Crippen molar-refractivity contribution in [3.8, 4) is 0 Å². The zero-order valence-corrected chi connectivity index (χ0v) is 13.0. The Balaban J connectivity index is 2.19. The van der Waals surface area contributed by atoms with Crippen molar-refractivity contribution < 1.29 is 0 Å². The number of hydrogen-bond donors (Lipinski definition) is 0. The first kappa shape index (κ1) is 13.6. The molecule has 1 aliphatic heterocycles. The quantitative estimate of drug-likeness (QED) is 0.812. The summed E-state index contributed by atoms with van der Waals surface area (Å²) < 4.78 is 3.73. The molecule has 0 saturated carbocycles. The molecule has 0 saturated heterocycles. The van der Waals surface area contributed by atoms with Gasteiger partial charge in [0.1, 0.15) is 0 Å². The van der Waals surface area contributed by atoms with Gasteiger partial charge in [0.25, 0.3) is 0 Å². The average molecular weight is 311 g/mol. The van der Waals surface area contributed by atoms with E-state index in [0.29, 0.717) is 15.6 Å². The van der Waals surface area contributed by atoms with Crippen LogP contribution in [0.15, 0.2) is 15.9 Å². The number of nitrogens with zero attached hydrogens (tertiary/aromatic N) is 4. The molecule has 3 heterocycles. The highest BCUT2D eigenvalue weighted by Crippen LogP contribution is 2.22. The fourth-order valence-corrected chi connectivity index (χ4v) is 3.37. The highest BCUT2D eigenvalue weighted by atomic mass is 35.5. The summed E-state index contributed by atoms with van der Waals surface area (Å²) in [5.74, 6) is 0.634. The van der Waals surface area contributed by atoms with Crippen LogP contribution in [0, 0.1) is 13.8 Å². The molecule has 5 nitrogen and oxygen atoms in total. The van der Waals surface area contributed by atoms with Crippen LogP contribution in [0.2, 0.25) is 5.02 Å². The Hall–Kier alpha value is -1.40. The second kappa shape index (κ2) is 5.18. The van der Waals surface area contributed by atoms with Crippen molar-refractivity contribution in [3.05, 3.63) is 36.8 Å². The van der Waals surface area contributed by atoms with Crippen LogP contribution in [0.5, 0.6) is 0 Å². The smallest absolute Gasteiger partial charge is 0.256 e. The Bertz CT molecular complexity index is 787. The van der Waals surface area contributed by atoms with Crippen molar-refractivity contribution in [1.29, 1.82) is 0 Å². The molecule has 0 aromatic carbocycles. The van der Waals surface area contributed by atoms with Gasteiger partial charge in [0, 0.05) is 13.1 Å². The Labute approximate surface area is 125 Å². The monoisotopic (exact) mass is 310 g/mol. The van der Waals surface area contributed by atoms with Gasteiger partial charge in [-0.3, -0.25) is 9.48 Å². The number of fused-ring (bicyclic) bond motifs is 1. The molecular formula is C13H15ClN4OS. The highest BCUT2D eigenvalue weighted by Gasteiger charge is 2.13. The number of halogens is 1. The lowest BCUT2D eigenvalue weighted by molar-refractivity contribution is 0.345. The van der Waals surface area contributed by atoms with E-state index in [1.54, 1.807) is 4.68 Å². The van der Waals surface area contributed by atoms with Gasteiger partial charge in [-0.1, -0.05) is 11.6 Å². The van der Waals surface area contributed by atoms with Gasteiger partial charge in [0.15, 0.2) is 5.82 Å². The molecule has 0 aliphatic carbocycles. The summed E-state index contributed by atoms with van der Waals surface area (Å²) in [6.07, 6.45) is 2.13. The Morgan fingerprint density at radius 2 is 2.00 bits per heavy atom. The minimum absolute atomic E-state index is 0.0480. The molecular weight excluding hydrogens is 296 g/mol. The van der Waals surface area contributed by atoms with Crippen LogP contribution in [-0.4, -0.2) is 14.3 Å². The first-order valence-corrected chi connectivity index (χ1v) is 7.75. The van der Waals surface area contributed by atoms with Gasteiger partial charge in [0.2, 0.25) is 4.80 Å². The summed E-state index contributed by atoms with van der Waals surface area (Å²) in [6.45, 7) is 5.39. The molecule has 106 valence electrons. The van der Waals surface area contributed by atoms with Crippen molar-refractivity contribution in [2.75, 3.05) is 0 Å². The molecule has 0 amide bonds. The topological polar surface area (TPSA) is 52.2 Å². The van der Waals surface area contributed by atoms with Crippen LogP contribution < -0.4 is 9.67 Å². The second-order valence-electron chi connectivity index (χ2n) is 4.91. The van der Waals surface area contributed by atoms with Crippen molar-refractivity contribution in [1.82, 2.24) is 14.3 Å². The number of rotatable bonds is 1. The van der Waals surface area contributed by atoms with Crippen LogP contribution in [0.4, 0.5) is 5.82 Å². The molecule has 0 unspecified atom stereocenters. The van der Waals surface area contributed by atoms with E-state index in [-0.39, 0.29) is 4.87 Å². The summed E-state index contributed by atoms with van der Waals surface area (Å²) in [6, 6.07) is 1.86. The van der Waals surface area contributed by atoms with E-state index in [1.807, 2.05) is 24.6 Å². The van der Waals surface area contributed by atoms with E-state index in [9.17, 15) is 4.79 Å². The van der Waals surface area contributed by atoms with Gasteiger partial charge < -0.3 is 0 Å². The Kier molecular flexibility index (Phi) is 3.52. The molecule has 7 heteroatoms. The number of aromatic nitrogens is 3. The molecule has 1 aliphatic rings. The summed E-state index contributed by atoms with van der Waals surface area (Å²) in [5.41, 5.74) is 1.66. The Morgan fingerprint density at radius 3 is 2.75 bits per heavy atom. The van der Waals surface area contributed by atoms with Crippen molar-refractivity contribution in [3.63, 3.8) is 0 Å². The van der Waals surface area contributed by atoms with E-state index in [2.05, 4.69) is 9.98 Å². The standard InChI is InChI=1S/C13H15ClN4OS/c1-8-7-10(14)9(2)15-11(8)16-12-17-5-3-4-6-18(17)13(19)20-12/h7H,3-6H2,1-2H3. The molecule has 0 bridgehead atoms. The first-order chi connectivity index (χ1) is 9.56. The SMILES string of the molecule is Cc1cc(Cl)c(C)nc1N=c1sc(=O)n2n1CCCC2. The van der Waals surface area contributed by atoms with E-state index in [0.717, 1.165) is 37.2 Å². The molecule has 20 heavy (non-hydrogen) atoms. The van der Waals surface area contributed by atoms with Crippen molar-refractivity contribution in [2.24, 2.45) is 4.99 Å². The molecule has 0 N–H and O–H groups in total. The molecule has 0 fully saturated rings. The minimum atomic E-state index is 0.0480. The first-order valence-electron chi connectivity index (χ1n) is 6.55. The van der Waals surface area contributed by atoms with Crippen LogP contribution in [0.1, 0.15) is 24.1 Å². The third-order valence-corrected chi connectivity index (χ3v) is 4.66. The van der Waals surface area contributed by atoms with E-state index >= 15 is 0 Å². The molecule has 2 aromatic heterocycles. The summed E-state index contributed by atoms with van der Waals surface area (Å²) >= 11 is 7.22. The second-order valence-corrected chi connectivity index (χ2v) is 6.24. The fraction of sp³-hybridized carbons (Fsp3) is 0.462. The lowest BCUT2D eigenvalue weighted by Crippen LogP contribution is -2.31. The normalized spacial score (nSPS) is 15.4. The van der Waals surface area contributed by atoms with Crippen LogP contribution in [0.3, 0.4) is 0 Å². The predicted octanol–water partition coefficient (Wildman–Crippen LogP) is 2.40. The van der Waals surface area contributed by atoms with Crippen LogP contribution >= 0.6 is 22.9 Å². The largest absolute Gasteiger partial charge is 0.325 e. The summed E-state index contributed by atoms with van der Waals surface area (Å²) in [7, 11) is 0. The lowest BCUT2D eigenvalue weighted by Gasteiger charge is -2.15. The molecule has 3 rings (SSSR count). The van der Waals surface area contributed by atoms with Gasteiger partial charge in [-0.05, 0) is 49.7 Å². The molecule has 0 radical (unpaired) electrons. The van der Waals surface area contributed by atoms with Gasteiger partial charge in [0.05, 0.1) is 10.7 Å². The van der Waals surface area contributed by atoms with Gasteiger partial charge in [-0.25, -0.2) is 9.67 Å². The third-order valence-electron chi connectivity index (χ3n) is 3.41. The number of pyridine rings is 1. The van der Waals surface area contributed by atoms with E-state index in [4.69, 9.17) is 11.6 Å². The van der Waals surface area contributed by atoms with Crippen LogP contribution in [-0.2, 0) is 13.1 Å². The maximum absolute atomic E-state index is 11.9. The van der Waals surface area contributed by atoms with Gasteiger partial charge in [-0.15, -0.1) is 0 Å². The van der Waals surface area contributed by atoms with E-state index < -0.39 is 0 Å². The summed E-state index contributed by atoms with van der Waals surface area (Å²) in [5, 5.41) is 0.640. The number of hydrogen-bond acceptors (Lipinski definition) is 4. The van der Waals surface area contributed by atoms with Gasteiger partial charge in [-0.2, -0.15) is 4.99 Å². The maximum atomic E-state index is 11.9. The third kappa shape index (κ3) is 2.33. The zero-order chi connectivity index (χ0) is 14.3.